The normalized spacial score (nSPS) is 10.7. The number of carbonyl (C=O) groups excluding carboxylic acids is 1. The summed E-state index contributed by atoms with van der Waals surface area (Å²) in [4.78, 5) is 22.6. The first kappa shape index (κ1) is 23.7. The van der Waals surface area contributed by atoms with Crippen LogP contribution in [0.3, 0.4) is 0 Å². The van der Waals surface area contributed by atoms with Crippen molar-refractivity contribution in [3.05, 3.63) is 91.9 Å². The molecule has 0 aliphatic rings. The zero-order valence-electron chi connectivity index (χ0n) is 17.7. The molecule has 0 radical (unpaired) electrons. The third-order valence-corrected chi connectivity index (χ3v) is 5.04. The van der Waals surface area contributed by atoms with E-state index in [-0.39, 0.29) is 12.3 Å². The smallest absolute Gasteiger partial charge is 0.273 e. The number of non-ortho nitro benzene ring substituents is 1. The quantitative estimate of drug-likeness (QED) is 0.185. The van der Waals surface area contributed by atoms with Gasteiger partial charge in [0.2, 0.25) is 0 Å². The van der Waals surface area contributed by atoms with Crippen molar-refractivity contribution in [3.8, 4) is 11.5 Å². The largest absolute Gasteiger partial charge is 0.490 e. The molecule has 3 aromatic carbocycles. The Morgan fingerprint density at radius 1 is 1.18 bits per heavy atom. The van der Waals surface area contributed by atoms with Crippen molar-refractivity contribution in [2.45, 2.75) is 13.5 Å². The van der Waals surface area contributed by atoms with Gasteiger partial charge >= 0.3 is 0 Å². The van der Waals surface area contributed by atoms with E-state index in [9.17, 15) is 14.9 Å². The molecular weight excluding hydrogens is 492 g/mol. The maximum absolute atomic E-state index is 12.2. The summed E-state index contributed by atoms with van der Waals surface area (Å²) >= 11 is 3.48. The maximum atomic E-state index is 12.2. The van der Waals surface area contributed by atoms with Crippen molar-refractivity contribution in [3.63, 3.8) is 0 Å². The second-order valence-electron chi connectivity index (χ2n) is 6.76. The van der Waals surface area contributed by atoms with Crippen LogP contribution in [0.5, 0.6) is 11.5 Å². The number of nitrogen functional groups attached to an aromatic ring is 1. The van der Waals surface area contributed by atoms with E-state index in [1.807, 2.05) is 6.92 Å². The van der Waals surface area contributed by atoms with E-state index in [2.05, 4.69) is 26.5 Å². The van der Waals surface area contributed by atoms with E-state index in [0.717, 1.165) is 5.56 Å². The molecule has 10 heteroatoms. The van der Waals surface area contributed by atoms with Crippen molar-refractivity contribution in [1.29, 1.82) is 0 Å². The minimum absolute atomic E-state index is 0.0145. The van der Waals surface area contributed by atoms with Crippen LogP contribution >= 0.6 is 15.9 Å². The molecule has 1 amide bonds. The fourth-order valence-corrected chi connectivity index (χ4v) is 3.44. The summed E-state index contributed by atoms with van der Waals surface area (Å²) in [6.45, 7) is 2.45. The number of nitro benzene ring substituents is 1. The summed E-state index contributed by atoms with van der Waals surface area (Å²) in [5, 5.41) is 14.8. The Bertz CT molecular complexity index is 1180. The molecule has 0 atom stereocenters. The molecule has 0 saturated heterocycles. The summed E-state index contributed by atoms with van der Waals surface area (Å²) in [6.07, 6.45) is 1.48. The van der Waals surface area contributed by atoms with Gasteiger partial charge in [-0.05, 0) is 70.4 Å². The van der Waals surface area contributed by atoms with E-state index in [1.54, 1.807) is 48.5 Å². The number of ether oxygens (including phenoxy) is 2. The molecule has 3 N–H and O–H groups in total. The van der Waals surface area contributed by atoms with Crippen LogP contribution in [0.25, 0.3) is 0 Å². The van der Waals surface area contributed by atoms with Crippen LogP contribution in [-0.4, -0.2) is 23.7 Å². The summed E-state index contributed by atoms with van der Waals surface area (Å²) in [6, 6.07) is 16.3. The molecule has 0 fully saturated rings. The molecule has 0 spiro atoms. The highest BCUT2D eigenvalue weighted by atomic mass is 79.9. The van der Waals surface area contributed by atoms with Crippen LogP contribution in [0.2, 0.25) is 0 Å². The minimum Gasteiger partial charge on any atom is -0.490 e. The number of nitro groups is 1. The van der Waals surface area contributed by atoms with E-state index in [0.29, 0.717) is 39.4 Å². The molecule has 9 nitrogen and oxygen atoms in total. The maximum Gasteiger partial charge on any atom is 0.273 e. The van der Waals surface area contributed by atoms with Crippen LogP contribution in [0, 0.1) is 10.1 Å². The average molecular weight is 513 g/mol. The number of hydrogen-bond donors (Lipinski definition) is 2. The van der Waals surface area contributed by atoms with Gasteiger partial charge in [-0.25, -0.2) is 5.43 Å². The molecular formula is C23H21BrN4O5. The van der Waals surface area contributed by atoms with Gasteiger partial charge in [0.25, 0.3) is 11.6 Å². The number of anilines is 1. The Balaban J connectivity index is 1.72. The lowest BCUT2D eigenvalue weighted by atomic mass is 10.2. The number of nitrogens with two attached hydrogens (primary N) is 1. The third-order valence-electron chi connectivity index (χ3n) is 4.45. The molecule has 0 bridgehead atoms. The van der Waals surface area contributed by atoms with Gasteiger partial charge in [0, 0.05) is 17.8 Å². The van der Waals surface area contributed by atoms with E-state index in [1.165, 1.54) is 18.3 Å². The Morgan fingerprint density at radius 2 is 1.91 bits per heavy atom. The minimum atomic E-state index is -0.452. The highest BCUT2D eigenvalue weighted by Gasteiger charge is 2.13. The number of halogens is 1. The third kappa shape index (κ3) is 6.30. The monoisotopic (exact) mass is 512 g/mol. The van der Waals surface area contributed by atoms with Gasteiger partial charge in [0.05, 0.1) is 27.8 Å². The molecule has 0 aliphatic carbocycles. The van der Waals surface area contributed by atoms with Gasteiger partial charge < -0.3 is 15.2 Å². The topological polar surface area (TPSA) is 129 Å². The molecule has 170 valence electrons. The first-order valence-electron chi connectivity index (χ1n) is 9.89. The molecule has 0 saturated carbocycles. The van der Waals surface area contributed by atoms with Gasteiger partial charge in [-0.1, -0.05) is 12.1 Å². The Labute approximate surface area is 198 Å². The van der Waals surface area contributed by atoms with Crippen molar-refractivity contribution < 1.29 is 19.2 Å². The lowest BCUT2D eigenvalue weighted by molar-refractivity contribution is -0.384. The Hall–Kier alpha value is -3.92. The zero-order valence-corrected chi connectivity index (χ0v) is 19.2. The standard InChI is InChI=1S/C23H21BrN4O5/c1-2-32-21-12-16(13-26-27-23(29)18-5-3-4-6-20(18)25)11-19(24)22(21)33-14-15-7-9-17(10-8-15)28(30)31/h3-13H,2,14,25H2,1H3,(H,27,29)/b26-13-. The average Bonchev–Trinajstić information content (AvgIpc) is 2.79. The van der Waals surface area contributed by atoms with Crippen molar-refractivity contribution in [2.24, 2.45) is 5.10 Å². The first-order chi connectivity index (χ1) is 15.9. The fraction of sp³-hybridized carbons (Fsp3) is 0.130. The number of amides is 1. The van der Waals surface area contributed by atoms with Gasteiger partial charge in [-0.15, -0.1) is 0 Å². The second-order valence-corrected chi connectivity index (χ2v) is 7.62. The Morgan fingerprint density at radius 3 is 2.58 bits per heavy atom. The summed E-state index contributed by atoms with van der Waals surface area (Å²) in [7, 11) is 0. The lowest BCUT2D eigenvalue weighted by Gasteiger charge is -2.14. The number of hydrogen-bond acceptors (Lipinski definition) is 7. The Kier molecular flexibility index (Phi) is 7.98. The summed E-state index contributed by atoms with van der Waals surface area (Å²) < 4.78 is 12.2. The number of benzene rings is 3. The fourth-order valence-electron chi connectivity index (χ4n) is 2.86. The van der Waals surface area contributed by atoms with Crippen LogP contribution in [0.1, 0.15) is 28.4 Å². The predicted molar refractivity (Wildman–Crippen MR) is 129 cm³/mol. The van der Waals surface area contributed by atoms with Gasteiger partial charge in [0.1, 0.15) is 6.61 Å². The van der Waals surface area contributed by atoms with Crippen molar-refractivity contribution in [1.82, 2.24) is 5.43 Å². The number of nitrogens with one attached hydrogen (secondary N) is 1. The van der Waals surface area contributed by atoms with Gasteiger partial charge in [-0.2, -0.15) is 5.10 Å². The van der Waals surface area contributed by atoms with Gasteiger partial charge in [0.15, 0.2) is 11.5 Å². The number of hydrazone groups is 1. The van der Waals surface area contributed by atoms with Crippen LogP contribution in [0.15, 0.2) is 70.2 Å². The lowest BCUT2D eigenvalue weighted by Crippen LogP contribution is -2.19. The number of nitrogens with zero attached hydrogens (tertiary/aromatic N) is 2. The zero-order chi connectivity index (χ0) is 23.8. The highest BCUT2D eigenvalue weighted by molar-refractivity contribution is 9.10. The van der Waals surface area contributed by atoms with E-state index >= 15 is 0 Å². The highest BCUT2D eigenvalue weighted by Crippen LogP contribution is 2.37. The number of carbonyl (C=O) groups is 1. The number of rotatable bonds is 9. The first-order valence-corrected chi connectivity index (χ1v) is 10.7. The van der Waals surface area contributed by atoms with E-state index < -0.39 is 10.8 Å². The molecule has 33 heavy (non-hydrogen) atoms. The van der Waals surface area contributed by atoms with Crippen molar-refractivity contribution >= 4 is 39.4 Å². The molecule has 0 aromatic heterocycles. The van der Waals surface area contributed by atoms with E-state index in [4.69, 9.17) is 15.2 Å². The van der Waals surface area contributed by atoms with Crippen LogP contribution < -0.4 is 20.6 Å². The van der Waals surface area contributed by atoms with Crippen LogP contribution in [0.4, 0.5) is 11.4 Å². The molecule has 0 heterocycles. The molecule has 0 unspecified atom stereocenters. The SMILES string of the molecule is CCOc1cc(/C=N\NC(=O)c2ccccc2N)cc(Br)c1OCc1ccc([N+](=O)[O-])cc1. The summed E-state index contributed by atoms with van der Waals surface area (Å²) in [5.74, 6) is 0.541. The summed E-state index contributed by atoms with van der Waals surface area (Å²) in [5.41, 5.74) is 10.4. The predicted octanol–water partition coefficient (Wildman–Crippen LogP) is 4.68. The molecule has 3 rings (SSSR count). The van der Waals surface area contributed by atoms with Crippen molar-refractivity contribution in [2.75, 3.05) is 12.3 Å². The molecule has 3 aromatic rings. The molecule has 0 aliphatic heterocycles. The second kappa shape index (κ2) is 11.1. The van der Waals surface area contributed by atoms with Crippen LogP contribution in [-0.2, 0) is 6.61 Å². The number of para-hydroxylation sites is 1. The van der Waals surface area contributed by atoms with Gasteiger partial charge in [-0.3, -0.25) is 14.9 Å².